The van der Waals surface area contributed by atoms with Gasteiger partial charge in [-0.3, -0.25) is 4.79 Å². The molecule has 5 heteroatoms. The van der Waals surface area contributed by atoms with Gasteiger partial charge in [0.2, 0.25) is 0 Å². The Labute approximate surface area is 114 Å². The van der Waals surface area contributed by atoms with Crippen LogP contribution < -0.4 is 4.74 Å². The summed E-state index contributed by atoms with van der Waals surface area (Å²) in [6.45, 7) is 0. The Hall–Kier alpha value is -2.43. The molecule has 0 bridgehead atoms. The van der Waals surface area contributed by atoms with Gasteiger partial charge in [0.05, 0.1) is 13.5 Å². The molecule has 3 nitrogen and oxygen atoms in total. The fourth-order valence-corrected chi connectivity index (χ4v) is 2.06. The second kappa shape index (κ2) is 5.69. The smallest absolute Gasteiger partial charge is 0.307 e. The molecule has 0 saturated carbocycles. The molecule has 0 spiro atoms. The molecule has 0 fully saturated rings. The highest BCUT2D eigenvalue weighted by molar-refractivity contribution is 5.77. The summed E-state index contributed by atoms with van der Waals surface area (Å²) < 4.78 is 31.8. The Morgan fingerprint density at radius 1 is 1.20 bits per heavy atom. The molecule has 20 heavy (non-hydrogen) atoms. The van der Waals surface area contributed by atoms with E-state index in [1.165, 1.54) is 19.2 Å². The maximum absolute atomic E-state index is 13.3. The first-order valence-corrected chi connectivity index (χ1v) is 5.85. The molecule has 0 aromatic heterocycles. The molecule has 0 aliphatic carbocycles. The predicted molar refractivity (Wildman–Crippen MR) is 69.7 cm³/mol. The van der Waals surface area contributed by atoms with Crippen LogP contribution in [0.5, 0.6) is 5.75 Å². The SMILES string of the molecule is COc1c(CC(=O)O)cccc1-c1cc(F)cc(F)c1. The van der Waals surface area contributed by atoms with Crippen LogP contribution in [-0.4, -0.2) is 18.2 Å². The zero-order chi connectivity index (χ0) is 14.7. The average Bonchev–Trinajstić information content (AvgIpc) is 2.36. The van der Waals surface area contributed by atoms with Crippen molar-refractivity contribution in [2.24, 2.45) is 0 Å². The van der Waals surface area contributed by atoms with E-state index in [-0.39, 0.29) is 6.42 Å². The van der Waals surface area contributed by atoms with Crippen molar-refractivity contribution < 1.29 is 23.4 Å². The summed E-state index contributed by atoms with van der Waals surface area (Å²) in [5, 5.41) is 8.86. The van der Waals surface area contributed by atoms with Gasteiger partial charge in [-0.1, -0.05) is 18.2 Å². The Balaban J connectivity index is 2.58. The van der Waals surface area contributed by atoms with Gasteiger partial charge in [-0.05, 0) is 17.7 Å². The minimum Gasteiger partial charge on any atom is -0.496 e. The molecule has 2 aromatic rings. The van der Waals surface area contributed by atoms with Crippen LogP contribution in [0.15, 0.2) is 36.4 Å². The van der Waals surface area contributed by atoms with E-state index < -0.39 is 17.6 Å². The number of rotatable bonds is 4. The van der Waals surface area contributed by atoms with Gasteiger partial charge in [0, 0.05) is 17.2 Å². The molecule has 0 atom stereocenters. The van der Waals surface area contributed by atoms with Gasteiger partial charge in [-0.25, -0.2) is 8.78 Å². The van der Waals surface area contributed by atoms with Gasteiger partial charge in [-0.15, -0.1) is 0 Å². The lowest BCUT2D eigenvalue weighted by Crippen LogP contribution is -2.03. The van der Waals surface area contributed by atoms with Crippen molar-refractivity contribution in [1.82, 2.24) is 0 Å². The molecule has 1 N–H and O–H groups in total. The highest BCUT2D eigenvalue weighted by Gasteiger charge is 2.14. The number of halogens is 2. The zero-order valence-corrected chi connectivity index (χ0v) is 10.7. The number of hydrogen-bond donors (Lipinski definition) is 1. The lowest BCUT2D eigenvalue weighted by Gasteiger charge is -2.13. The summed E-state index contributed by atoms with van der Waals surface area (Å²) in [7, 11) is 1.39. The molecule has 2 aromatic carbocycles. The first kappa shape index (κ1) is 14.0. The molecule has 0 heterocycles. The molecule has 0 aliphatic rings. The molecule has 104 valence electrons. The number of para-hydroxylation sites is 1. The molecular formula is C15H12F2O3. The molecule has 0 saturated heterocycles. The minimum absolute atomic E-state index is 0.227. The van der Waals surface area contributed by atoms with Gasteiger partial charge >= 0.3 is 5.97 Å². The largest absolute Gasteiger partial charge is 0.496 e. The summed E-state index contributed by atoms with van der Waals surface area (Å²) in [5.74, 6) is -2.11. The highest BCUT2D eigenvalue weighted by Crippen LogP contribution is 2.34. The Bertz CT molecular complexity index is 633. The number of carboxylic acids is 1. The van der Waals surface area contributed by atoms with Crippen LogP contribution in [0.4, 0.5) is 8.78 Å². The van der Waals surface area contributed by atoms with Gasteiger partial charge < -0.3 is 9.84 Å². The van der Waals surface area contributed by atoms with Gasteiger partial charge in [-0.2, -0.15) is 0 Å². The first-order valence-electron chi connectivity index (χ1n) is 5.85. The molecular weight excluding hydrogens is 266 g/mol. The normalized spacial score (nSPS) is 10.3. The number of carboxylic acid groups (broad SMARTS) is 1. The van der Waals surface area contributed by atoms with E-state index in [2.05, 4.69) is 0 Å². The van der Waals surface area contributed by atoms with Crippen LogP contribution in [0.25, 0.3) is 11.1 Å². The summed E-state index contributed by atoms with van der Waals surface area (Å²) in [4.78, 5) is 10.8. The van der Waals surface area contributed by atoms with E-state index in [1.807, 2.05) is 0 Å². The van der Waals surface area contributed by atoms with Gasteiger partial charge in [0.15, 0.2) is 0 Å². The van der Waals surface area contributed by atoms with Crippen LogP contribution in [0, 0.1) is 11.6 Å². The van der Waals surface area contributed by atoms with Crippen molar-refractivity contribution in [3.63, 3.8) is 0 Å². The van der Waals surface area contributed by atoms with Gasteiger partial charge in [0.25, 0.3) is 0 Å². The monoisotopic (exact) mass is 278 g/mol. The maximum Gasteiger partial charge on any atom is 0.307 e. The summed E-state index contributed by atoms with van der Waals surface area (Å²) >= 11 is 0. The van der Waals surface area contributed by atoms with Crippen molar-refractivity contribution >= 4 is 5.97 Å². The van der Waals surface area contributed by atoms with Crippen LogP contribution in [0.1, 0.15) is 5.56 Å². The molecule has 0 unspecified atom stereocenters. The Morgan fingerprint density at radius 3 is 2.40 bits per heavy atom. The fourth-order valence-electron chi connectivity index (χ4n) is 2.06. The zero-order valence-electron chi connectivity index (χ0n) is 10.7. The molecule has 2 rings (SSSR count). The number of ether oxygens (including phenoxy) is 1. The van der Waals surface area contributed by atoms with E-state index >= 15 is 0 Å². The lowest BCUT2D eigenvalue weighted by atomic mass is 9.99. The van der Waals surface area contributed by atoms with Crippen molar-refractivity contribution in [3.8, 4) is 16.9 Å². The number of aliphatic carboxylic acids is 1. The number of carbonyl (C=O) groups is 1. The number of methoxy groups -OCH3 is 1. The topological polar surface area (TPSA) is 46.5 Å². The van der Waals surface area contributed by atoms with E-state index in [0.29, 0.717) is 22.4 Å². The Morgan fingerprint density at radius 2 is 1.85 bits per heavy atom. The average molecular weight is 278 g/mol. The molecule has 0 radical (unpaired) electrons. The van der Waals surface area contributed by atoms with Crippen molar-refractivity contribution in [2.45, 2.75) is 6.42 Å². The second-order valence-corrected chi connectivity index (χ2v) is 4.23. The summed E-state index contributed by atoms with van der Waals surface area (Å²) in [5.41, 5.74) is 1.19. The van der Waals surface area contributed by atoms with Gasteiger partial charge in [0.1, 0.15) is 17.4 Å². The third kappa shape index (κ3) is 2.93. The Kier molecular flexibility index (Phi) is 3.98. The van der Waals surface area contributed by atoms with E-state index in [9.17, 15) is 13.6 Å². The van der Waals surface area contributed by atoms with Crippen LogP contribution in [-0.2, 0) is 11.2 Å². The second-order valence-electron chi connectivity index (χ2n) is 4.23. The van der Waals surface area contributed by atoms with Crippen molar-refractivity contribution in [2.75, 3.05) is 7.11 Å². The predicted octanol–water partition coefficient (Wildman–Crippen LogP) is 3.27. The quantitative estimate of drug-likeness (QED) is 0.933. The summed E-state index contributed by atoms with van der Waals surface area (Å²) in [6, 6.07) is 7.97. The third-order valence-corrected chi connectivity index (χ3v) is 2.82. The standard InChI is InChI=1S/C15H12F2O3/c1-20-15-9(7-14(18)19)3-2-4-13(15)10-5-11(16)8-12(17)6-10/h2-6,8H,7H2,1H3,(H,18,19). The van der Waals surface area contributed by atoms with Crippen LogP contribution >= 0.6 is 0 Å². The third-order valence-electron chi connectivity index (χ3n) is 2.82. The molecule has 0 aliphatic heterocycles. The van der Waals surface area contributed by atoms with Crippen molar-refractivity contribution in [3.05, 3.63) is 53.6 Å². The van der Waals surface area contributed by atoms with E-state index in [1.54, 1.807) is 18.2 Å². The van der Waals surface area contributed by atoms with E-state index in [4.69, 9.17) is 9.84 Å². The highest BCUT2D eigenvalue weighted by atomic mass is 19.1. The minimum atomic E-state index is -1.01. The molecule has 0 amide bonds. The van der Waals surface area contributed by atoms with Crippen LogP contribution in [0.3, 0.4) is 0 Å². The fraction of sp³-hybridized carbons (Fsp3) is 0.133. The number of hydrogen-bond acceptors (Lipinski definition) is 2. The van der Waals surface area contributed by atoms with Crippen LogP contribution in [0.2, 0.25) is 0 Å². The lowest BCUT2D eigenvalue weighted by molar-refractivity contribution is -0.136. The maximum atomic E-state index is 13.3. The number of benzene rings is 2. The first-order chi connectivity index (χ1) is 9.51. The van der Waals surface area contributed by atoms with E-state index in [0.717, 1.165) is 6.07 Å². The summed E-state index contributed by atoms with van der Waals surface area (Å²) in [6.07, 6.45) is -0.227. The van der Waals surface area contributed by atoms with Crippen molar-refractivity contribution in [1.29, 1.82) is 0 Å².